The Balaban J connectivity index is 1.79. The number of para-hydroxylation sites is 1. The number of aromatic nitrogens is 1. The lowest BCUT2D eigenvalue weighted by Gasteiger charge is -2.18. The predicted octanol–water partition coefficient (Wildman–Crippen LogP) is 3.47. The average Bonchev–Trinajstić information content (AvgIpc) is 3.00. The van der Waals surface area contributed by atoms with Crippen molar-refractivity contribution in [1.29, 1.82) is 0 Å². The number of hydrogen-bond acceptors (Lipinski definition) is 3. The van der Waals surface area contributed by atoms with E-state index in [1.807, 2.05) is 12.1 Å². The van der Waals surface area contributed by atoms with Gasteiger partial charge in [0.05, 0.1) is 17.3 Å². The van der Waals surface area contributed by atoms with Crippen molar-refractivity contribution in [1.82, 2.24) is 9.88 Å². The Morgan fingerprint density at radius 1 is 1.04 bits per heavy atom. The average molecular weight is 304 g/mol. The zero-order valence-electron chi connectivity index (χ0n) is 13.0. The second kappa shape index (κ2) is 6.11. The lowest BCUT2D eigenvalue weighted by molar-refractivity contribution is 0.175. The van der Waals surface area contributed by atoms with Gasteiger partial charge in [0.15, 0.2) is 0 Å². The van der Waals surface area contributed by atoms with E-state index >= 15 is 0 Å². The molecule has 1 N–H and O–H groups in total. The Kier molecular flexibility index (Phi) is 3.82. The van der Waals surface area contributed by atoms with Crippen LogP contribution in [0.1, 0.15) is 12.0 Å². The molecular weight excluding hydrogens is 284 g/mol. The molecule has 3 aromatic rings. The van der Waals surface area contributed by atoms with Crippen molar-refractivity contribution in [2.75, 3.05) is 13.1 Å². The van der Waals surface area contributed by atoms with E-state index in [-0.39, 0.29) is 6.10 Å². The maximum atomic E-state index is 9.78. The fraction of sp³-hybridized carbons (Fsp3) is 0.250. The molecule has 0 saturated carbocycles. The smallest absolute Gasteiger partial charge is 0.0754 e. The molecule has 23 heavy (non-hydrogen) atoms. The van der Waals surface area contributed by atoms with Crippen molar-refractivity contribution >= 4 is 10.9 Å². The molecule has 3 nitrogen and oxygen atoms in total. The van der Waals surface area contributed by atoms with Gasteiger partial charge in [0.2, 0.25) is 0 Å². The largest absolute Gasteiger partial charge is 0.392 e. The van der Waals surface area contributed by atoms with Crippen molar-refractivity contribution in [3.05, 3.63) is 66.2 Å². The van der Waals surface area contributed by atoms with E-state index in [1.165, 1.54) is 10.9 Å². The first kappa shape index (κ1) is 14.4. The third-order valence-electron chi connectivity index (χ3n) is 4.49. The first-order chi connectivity index (χ1) is 11.3. The monoisotopic (exact) mass is 304 g/mol. The number of likely N-dealkylation sites (tertiary alicyclic amines) is 1. The number of benzene rings is 2. The summed E-state index contributed by atoms with van der Waals surface area (Å²) in [4.78, 5) is 7.23. The number of nitrogens with zero attached hydrogens (tertiary/aromatic N) is 2. The van der Waals surface area contributed by atoms with Gasteiger partial charge in [0.25, 0.3) is 0 Å². The van der Waals surface area contributed by atoms with Gasteiger partial charge in [-0.25, -0.2) is 4.98 Å². The number of pyridine rings is 1. The molecule has 1 aliphatic rings. The molecule has 2 aromatic carbocycles. The number of β-amino-alcohol motifs (C(OH)–C–C–N with tert-alkyl or cyclic N) is 1. The summed E-state index contributed by atoms with van der Waals surface area (Å²) in [7, 11) is 0. The topological polar surface area (TPSA) is 36.4 Å². The minimum Gasteiger partial charge on any atom is -0.392 e. The molecule has 0 spiro atoms. The summed E-state index contributed by atoms with van der Waals surface area (Å²) < 4.78 is 0. The Morgan fingerprint density at radius 2 is 1.83 bits per heavy atom. The van der Waals surface area contributed by atoms with E-state index < -0.39 is 0 Å². The van der Waals surface area contributed by atoms with Gasteiger partial charge in [-0.1, -0.05) is 48.5 Å². The Hall–Kier alpha value is -2.23. The van der Waals surface area contributed by atoms with Gasteiger partial charge >= 0.3 is 0 Å². The first-order valence-corrected chi connectivity index (χ1v) is 8.14. The minimum atomic E-state index is -0.191. The number of fused-ring (bicyclic) bond motifs is 1. The van der Waals surface area contributed by atoms with E-state index in [0.29, 0.717) is 0 Å². The highest BCUT2D eigenvalue weighted by Gasteiger charge is 2.21. The second-order valence-electron chi connectivity index (χ2n) is 6.23. The van der Waals surface area contributed by atoms with Crippen LogP contribution in [-0.4, -0.2) is 34.2 Å². The number of aliphatic hydroxyl groups excluding tert-OH is 1. The molecular formula is C20H20N2O. The molecule has 1 saturated heterocycles. The zero-order valence-corrected chi connectivity index (χ0v) is 13.0. The summed E-state index contributed by atoms with van der Waals surface area (Å²) in [5.41, 5.74) is 4.44. The third-order valence-corrected chi connectivity index (χ3v) is 4.49. The zero-order chi connectivity index (χ0) is 15.6. The van der Waals surface area contributed by atoms with Gasteiger partial charge in [-0.3, -0.25) is 4.90 Å². The van der Waals surface area contributed by atoms with Crippen molar-refractivity contribution in [2.45, 2.75) is 19.1 Å². The standard InChI is InChI=1S/C20H20N2O/c23-18-10-11-22(14-18)13-17-12-16-8-4-5-9-19(16)21-20(17)15-6-2-1-3-7-15/h1-9,12,18,23H,10-11,13-14H2/t18-/m0/s1. The summed E-state index contributed by atoms with van der Waals surface area (Å²) in [5, 5.41) is 10.9. The quantitative estimate of drug-likeness (QED) is 0.805. The van der Waals surface area contributed by atoms with Crippen LogP contribution in [0.15, 0.2) is 60.7 Å². The van der Waals surface area contributed by atoms with Crippen LogP contribution >= 0.6 is 0 Å². The maximum Gasteiger partial charge on any atom is 0.0754 e. The molecule has 2 heterocycles. The predicted molar refractivity (Wildman–Crippen MR) is 93.1 cm³/mol. The Labute approximate surface area is 136 Å². The van der Waals surface area contributed by atoms with Crippen molar-refractivity contribution < 1.29 is 5.11 Å². The van der Waals surface area contributed by atoms with Gasteiger partial charge in [0, 0.05) is 30.6 Å². The van der Waals surface area contributed by atoms with Crippen LogP contribution in [-0.2, 0) is 6.54 Å². The molecule has 116 valence electrons. The molecule has 1 aromatic heterocycles. The van der Waals surface area contributed by atoms with Crippen LogP contribution in [0.2, 0.25) is 0 Å². The molecule has 4 rings (SSSR count). The highest BCUT2D eigenvalue weighted by Crippen LogP contribution is 2.27. The number of rotatable bonds is 3. The summed E-state index contributed by atoms with van der Waals surface area (Å²) >= 11 is 0. The molecule has 3 heteroatoms. The Bertz CT molecular complexity index is 816. The Morgan fingerprint density at radius 3 is 2.61 bits per heavy atom. The molecule has 0 bridgehead atoms. The molecule has 0 amide bonds. The third kappa shape index (κ3) is 2.98. The maximum absolute atomic E-state index is 9.78. The fourth-order valence-electron chi connectivity index (χ4n) is 3.32. The van der Waals surface area contributed by atoms with Gasteiger partial charge < -0.3 is 5.11 Å². The molecule has 0 aliphatic carbocycles. The van der Waals surface area contributed by atoms with Gasteiger partial charge in [0.1, 0.15) is 0 Å². The normalized spacial score (nSPS) is 18.6. The number of hydrogen-bond donors (Lipinski definition) is 1. The van der Waals surface area contributed by atoms with Crippen LogP contribution in [0.4, 0.5) is 0 Å². The summed E-state index contributed by atoms with van der Waals surface area (Å²) in [6, 6.07) is 20.8. The van der Waals surface area contributed by atoms with Gasteiger partial charge in [-0.2, -0.15) is 0 Å². The van der Waals surface area contributed by atoms with Crippen LogP contribution < -0.4 is 0 Å². The minimum absolute atomic E-state index is 0.191. The van der Waals surface area contributed by atoms with E-state index in [2.05, 4.69) is 53.4 Å². The highest BCUT2D eigenvalue weighted by molar-refractivity contribution is 5.83. The summed E-state index contributed by atoms with van der Waals surface area (Å²) in [5.74, 6) is 0. The van der Waals surface area contributed by atoms with Crippen LogP contribution in [0.3, 0.4) is 0 Å². The molecule has 1 aliphatic heterocycles. The lowest BCUT2D eigenvalue weighted by Crippen LogP contribution is -2.22. The summed E-state index contributed by atoms with van der Waals surface area (Å²) in [6.07, 6.45) is 0.672. The van der Waals surface area contributed by atoms with Crippen LogP contribution in [0.5, 0.6) is 0 Å². The first-order valence-electron chi connectivity index (χ1n) is 8.14. The van der Waals surface area contributed by atoms with E-state index in [0.717, 1.165) is 42.8 Å². The molecule has 0 unspecified atom stereocenters. The molecule has 1 atom stereocenters. The van der Waals surface area contributed by atoms with Gasteiger partial charge in [-0.05, 0) is 24.1 Å². The van der Waals surface area contributed by atoms with Crippen LogP contribution in [0, 0.1) is 0 Å². The van der Waals surface area contributed by atoms with E-state index in [1.54, 1.807) is 0 Å². The number of aliphatic hydroxyl groups is 1. The lowest BCUT2D eigenvalue weighted by atomic mass is 10.0. The highest BCUT2D eigenvalue weighted by atomic mass is 16.3. The van der Waals surface area contributed by atoms with E-state index in [9.17, 15) is 5.11 Å². The second-order valence-corrected chi connectivity index (χ2v) is 6.23. The van der Waals surface area contributed by atoms with Crippen molar-refractivity contribution in [3.8, 4) is 11.3 Å². The van der Waals surface area contributed by atoms with Crippen molar-refractivity contribution in [2.24, 2.45) is 0 Å². The summed E-state index contributed by atoms with van der Waals surface area (Å²) in [6.45, 7) is 2.53. The van der Waals surface area contributed by atoms with E-state index in [4.69, 9.17) is 4.98 Å². The SMILES string of the molecule is O[C@H]1CCN(Cc2cc3ccccc3nc2-c2ccccc2)C1. The van der Waals surface area contributed by atoms with Crippen molar-refractivity contribution in [3.63, 3.8) is 0 Å². The molecule has 0 radical (unpaired) electrons. The molecule has 1 fully saturated rings. The van der Waals surface area contributed by atoms with Crippen LogP contribution in [0.25, 0.3) is 22.2 Å². The fourth-order valence-corrected chi connectivity index (χ4v) is 3.32. The van der Waals surface area contributed by atoms with Gasteiger partial charge in [-0.15, -0.1) is 0 Å².